The predicted octanol–water partition coefficient (Wildman–Crippen LogP) is 14.3. The second-order valence-electron chi connectivity index (χ2n) is 14.3. The van der Waals surface area contributed by atoms with Crippen LogP contribution in [0.5, 0.6) is 0 Å². The Hall–Kier alpha value is -1.58. The average Bonchev–Trinajstić information content (AvgIpc) is 3.08. The lowest BCUT2D eigenvalue weighted by molar-refractivity contribution is -0.156. The van der Waals surface area contributed by atoms with Crippen LogP contribution in [-0.4, -0.2) is 24.6 Å². The van der Waals surface area contributed by atoms with Gasteiger partial charge in [0.25, 0.3) is 0 Å². The van der Waals surface area contributed by atoms with Crippen molar-refractivity contribution in [3.63, 3.8) is 0 Å². The Morgan fingerprint density at radius 1 is 0.458 bits per heavy atom. The summed E-state index contributed by atoms with van der Waals surface area (Å²) in [5.74, 6) is -0.133. The van der Waals surface area contributed by atoms with Crippen molar-refractivity contribution in [1.29, 1.82) is 0 Å². The zero-order valence-electron chi connectivity index (χ0n) is 32.7. The number of esters is 2. The van der Waals surface area contributed by atoms with Crippen molar-refractivity contribution in [1.82, 2.24) is 0 Å². The van der Waals surface area contributed by atoms with E-state index in [1.165, 1.54) is 141 Å². The summed E-state index contributed by atoms with van der Waals surface area (Å²) in [6.45, 7) is 9.11. The van der Waals surface area contributed by atoms with Gasteiger partial charge < -0.3 is 9.47 Å². The average molecular weight is 675 g/mol. The molecule has 0 aliphatic heterocycles. The molecule has 0 aromatic rings. The van der Waals surface area contributed by atoms with Crippen LogP contribution in [0.4, 0.5) is 0 Å². The molecule has 0 amide bonds. The van der Waals surface area contributed by atoms with Crippen molar-refractivity contribution in [2.75, 3.05) is 6.61 Å². The Balaban J connectivity index is 3.91. The van der Waals surface area contributed by atoms with E-state index < -0.39 is 0 Å². The fraction of sp³-hybridized carbons (Fsp3) is 0.864. The van der Waals surface area contributed by atoms with Gasteiger partial charge in [-0.25, -0.2) is 0 Å². The lowest BCUT2D eigenvalue weighted by Gasteiger charge is -2.26. The van der Waals surface area contributed by atoms with Crippen LogP contribution >= 0.6 is 0 Å². The van der Waals surface area contributed by atoms with Crippen molar-refractivity contribution in [2.45, 2.75) is 233 Å². The second-order valence-corrected chi connectivity index (χ2v) is 14.3. The monoisotopic (exact) mass is 675 g/mol. The highest BCUT2D eigenvalue weighted by molar-refractivity contribution is 5.70. The van der Waals surface area contributed by atoms with E-state index in [-0.39, 0.29) is 24.0 Å². The highest BCUT2D eigenvalue weighted by atomic mass is 16.6. The quantitative estimate of drug-likeness (QED) is 0.0374. The van der Waals surface area contributed by atoms with E-state index in [4.69, 9.17) is 9.47 Å². The Morgan fingerprint density at radius 2 is 0.833 bits per heavy atom. The summed E-state index contributed by atoms with van der Waals surface area (Å²) < 4.78 is 11.6. The van der Waals surface area contributed by atoms with Crippen LogP contribution in [0.15, 0.2) is 24.3 Å². The van der Waals surface area contributed by atoms with E-state index >= 15 is 0 Å². The topological polar surface area (TPSA) is 52.6 Å². The van der Waals surface area contributed by atoms with Gasteiger partial charge in [-0.2, -0.15) is 0 Å². The largest absolute Gasteiger partial charge is 0.465 e. The van der Waals surface area contributed by atoms with Crippen molar-refractivity contribution < 1.29 is 19.1 Å². The zero-order valence-corrected chi connectivity index (χ0v) is 32.7. The third-order valence-corrected chi connectivity index (χ3v) is 9.65. The lowest BCUT2D eigenvalue weighted by atomic mass is 9.96. The molecule has 48 heavy (non-hydrogen) atoms. The number of carbonyl (C=O) groups is 2. The molecule has 0 aromatic carbocycles. The maximum Gasteiger partial charge on any atom is 0.306 e. The molecule has 0 spiro atoms. The Labute approximate surface area is 300 Å². The number of carbonyl (C=O) groups excluding carboxylic acids is 2. The summed E-state index contributed by atoms with van der Waals surface area (Å²) in [4.78, 5) is 25.1. The smallest absolute Gasteiger partial charge is 0.306 e. The number of rotatable bonds is 37. The summed E-state index contributed by atoms with van der Waals surface area (Å²) >= 11 is 0. The molecule has 0 radical (unpaired) electrons. The molecule has 2 unspecified atom stereocenters. The molecule has 282 valence electrons. The summed E-state index contributed by atoms with van der Waals surface area (Å²) in [6, 6.07) is 0. The fourth-order valence-electron chi connectivity index (χ4n) is 6.34. The third-order valence-electron chi connectivity index (χ3n) is 9.65. The van der Waals surface area contributed by atoms with E-state index in [1.807, 2.05) is 0 Å². The van der Waals surface area contributed by atoms with Gasteiger partial charge in [0, 0.05) is 18.8 Å². The van der Waals surface area contributed by atoms with Gasteiger partial charge in [0.2, 0.25) is 0 Å². The van der Waals surface area contributed by atoms with E-state index in [0.717, 1.165) is 44.9 Å². The molecule has 0 aliphatic rings. The van der Waals surface area contributed by atoms with Gasteiger partial charge in [0.1, 0.15) is 6.10 Å². The lowest BCUT2D eigenvalue weighted by Crippen LogP contribution is -2.30. The van der Waals surface area contributed by atoms with E-state index in [1.54, 1.807) is 0 Å². The minimum Gasteiger partial charge on any atom is -0.465 e. The molecule has 4 nitrogen and oxygen atoms in total. The van der Waals surface area contributed by atoms with Crippen LogP contribution in [-0.2, 0) is 19.1 Å². The molecular weight excluding hydrogens is 592 g/mol. The molecule has 0 heterocycles. The number of hydrogen-bond acceptors (Lipinski definition) is 4. The first kappa shape index (κ1) is 46.4. The molecule has 0 aromatic heterocycles. The van der Waals surface area contributed by atoms with E-state index in [9.17, 15) is 9.59 Å². The number of hydrogen-bond donors (Lipinski definition) is 0. The molecule has 0 rings (SSSR count). The van der Waals surface area contributed by atoms with Gasteiger partial charge >= 0.3 is 11.9 Å². The number of ether oxygens (including phenoxy) is 2. The summed E-state index contributed by atoms with van der Waals surface area (Å²) in [5, 5.41) is 0. The highest BCUT2D eigenvalue weighted by Gasteiger charge is 2.24. The molecule has 0 saturated heterocycles. The molecule has 0 fully saturated rings. The number of unbranched alkanes of at least 4 members (excludes halogenated alkanes) is 22. The molecule has 0 N–H and O–H groups in total. The van der Waals surface area contributed by atoms with Gasteiger partial charge in [0.05, 0.1) is 6.61 Å². The van der Waals surface area contributed by atoms with Crippen molar-refractivity contribution in [2.24, 2.45) is 5.92 Å². The molecule has 0 bridgehead atoms. The Bertz CT molecular complexity index is 742. The molecule has 2 atom stereocenters. The summed E-state index contributed by atoms with van der Waals surface area (Å²) in [6.07, 6.45) is 45.3. The van der Waals surface area contributed by atoms with Crippen LogP contribution in [0.3, 0.4) is 0 Å². The Morgan fingerprint density at radius 3 is 1.23 bits per heavy atom. The van der Waals surface area contributed by atoms with Crippen molar-refractivity contribution in [3.8, 4) is 0 Å². The van der Waals surface area contributed by atoms with E-state index in [2.05, 4.69) is 52.0 Å². The van der Waals surface area contributed by atoms with E-state index in [0.29, 0.717) is 19.4 Å². The van der Waals surface area contributed by atoms with Crippen molar-refractivity contribution in [3.05, 3.63) is 24.3 Å². The minimum absolute atomic E-state index is 0.0704. The molecule has 0 saturated carbocycles. The van der Waals surface area contributed by atoms with Crippen LogP contribution in [0, 0.1) is 5.92 Å². The van der Waals surface area contributed by atoms with Gasteiger partial charge in [-0.3, -0.25) is 9.59 Å². The summed E-state index contributed by atoms with van der Waals surface area (Å²) in [7, 11) is 0. The maximum absolute atomic E-state index is 12.6. The normalized spacial score (nSPS) is 13.0. The third kappa shape index (κ3) is 32.9. The first-order chi connectivity index (χ1) is 23.6. The SMILES string of the molecule is CCCCCCCC/C=C\CCCCCCCC(=O)OCC(CC)C(CCC)OC(=O)CCCCCCC/C=C\CCCCCCCC. The van der Waals surface area contributed by atoms with Crippen LogP contribution in [0.2, 0.25) is 0 Å². The highest BCUT2D eigenvalue weighted by Crippen LogP contribution is 2.20. The van der Waals surface area contributed by atoms with Gasteiger partial charge in [-0.05, 0) is 77.0 Å². The van der Waals surface area contributed by atoms with Gasteiger partial charge in [-0.15, -0.1) is 0 Å². The molecule has 0 aliphatic carbocycles. The zero-order chi connectivity index (χ0) is 35.2. The van der Waals surface area contributed by atoms with Crippen molar-refractivity contribution >= 4 is 11.9 Å². The summed E-state index contributed by atoms with van der Waals surface area (Å²) in [5.41, 5.74) is 0. The standard InChI is InChI=1S/C44H82O4/c1-5-9-11-13-15-17-19-21-23-25-27-29-31-33-35-38-43(45)47-40-41(8-4)42(37-7-3)48-44(46)39-36-34-32-30-28-26-24-22-20-18-16-14-12-10-6-2/h21-24,41-42H,5-20,25-40H2,1-4H3/b23-21-,24-22-. The van der Waals surface area contributed by atoms with Crippen LogP contribution < -0.4 is 0 Å². The first-order valence-electron chi connectivity index (χ1n) is 21.2. The van der Waals surface area contributed by atoms with Gasteiger partial charge in [-0.1, -0.05) is 161 Å². The van der Waals surface area contributed by atoms with Crippen LogP contribution in [0.1, 0.15) is 227 Å². The molecule has 4 heteroatoms. The molecular formula is C44H82O4. The maximum atomic E-state index is 12.6. The first-order valence-corrected chi connectivity index (χ1v) is 21.2. The minimum atomic E-state index is -0.164. The van der Waals surface area contributed by atoms with Crippen LogP contribution in [0.25, 0.3) is 0 Å². The number of allylic oxidation sites excluding steroid dienone is 4. The second kappa shape index (κ2) is 38.2. The van der Waals surface area contributed by atoms with Gasteiger partial charge in [0.15, 0.2) is 0 Å². The Kier molecular flexibility index (Phi) is 37.0. The fourth-order valence-corrected chi connectivity index (χ4v) is 6.34. The predicted molar refractivity (Wildman–Crippen MR) is 208 cm³/mol.